The van der Waals surface area contributed by atoms with E-state index in [0.717, 1.165) is 12.1 Å². The minimum absolute atomic E-state index is 0. The van der Waals surface area contributed by atoms with E-state index < -0.39 is 6.55 Å². The molecule has 0 amide bonds. The fraction of sp³-hybridized carbons (Fsp3) is 0.455. The van der Waals surface area contributed by atoms with Gasteiger partial charge in [-0.3, -0.25) is 4.68 Å². The van der Waals surface area contributed by atoms with Crippen molar-refractivity contribution in [1.82, 2.24) is 19.6 Å². The summed E-state index contributed by atoms with van der Waals surface area (Å²) in [4.78, 5) is 0. The second-order valence-electron chi connectivity index (χ2n) is 3.94. The molecule has 5 nitrogen and oxygen atoms in total. The summed E-state index contributed by atoms with van der Waals surface area (Å²) < 4.78 is 27.3. The van der Waals surface area contributed by atoms with E-state index >= 15 is 0 Å². The van der Waals surface area contributed by atoms with Gasteiger partial charge in [0.15, 0.2) is 0 Å². The summed E-state index contributed by atoms with van der Waals surface area (Å²) in [5, 5.41) is 10.9. The van der Waals surface area contributed by atoms with Crippen LogP contribution in [0.3, 0.4) is 0 Å². The molecule has 0 radical (unpaired) electrons. The van der Waals surface area contributed by atoms with Gasteiger partial charge in [-0.25, -0.2) is 4.68 Å². The molecule has 0 spiro atoms. The van der Waals surface area contributed by atoms with Gasteiger partial charge >= 0.3 is 6.55 Å². The van der Waals surface area contributed by atoms with Crippen molar-refractivity contribution in [1.29, 1.82) is 0 Å². The molecule has 0 saturated heterocycles. The number of rotatable bonds is 5. The average Bonchev–Trinajstić information content (AvgIpc) is 2.93. The molecule has 0 aliphatic heterocycles. The van der Waals surface area contributed by atoms with Gasteiger partial charge in [-0.15, -0.1) is 12.4 Å². The van der Waals surface area contributed by atoms with Gasteiger partial charge in [-0.05, 0) is 13.8 Å². The van der Waals surface area contributed by atoms with E-state index in [1.54, 1.807) is 13.1 Å². The molecule has 2 aromatic rings. The molecule has 0 aliphatic carbocycles. The number of hydrogen-bond donors (Lipinski definition) is 1. The molecule has 0 unspecified atom stereocenters. The van der Waals surface area contributed by atoms with Crippen LogP contribution in [0.25, 0.3) is 0 Å². The van der Waals surface area contributed by atoms with Crippen LogP contribution < -0.4 is 5.32 Å². The van der Waals surface area contributed by atoms with E-state index in [0.29, 0.717) is 22.6 Å². The monoisotopic (exact) mass is 291 g/mol. The van der Waals surface area contributed by atoms with Crippen molar-refractivity contribution < 1.29 is 8.78 Å². The first kappa shape index (κ1) is 15.4. The normalized spacial score (nSPS) is 10.6. The standard InChI is InChI=1S/C11H15F2N5.ClH/c1-3-17-6-9(5-15-17)4-14-10-7-18(11(12)13)16-8(10)2;/h5-7,11,14H,3-4H2,1-2H3;1H. The Hall–Kier alpha value is -1.63. The summed E-state index contributed by atoms with van der Waals surface area (Å²) in [6.45, 7) is 2.43. The van der Waals surface area contributed by atoms with Gasteiger partial charge in [0.2, 0.25) is 0 Å². The van der Waals surface area contributed by atoms with Crippen LogP contribution in [0, 0.1) is 6.92 Å². The van der Waals surface area contributed by atoms with E-state index in [9.17, 15) is 8.78 Å². The topological polar surface area (TPSA) is 47.7 Å². The van der Waals surface area contributed by atoms with Gasteiger partial charge in [-0.2, -0.15) is 19.0 Å². The number of nitrogens with zero attached hydrogens (tertiary/aromatic N) is 4. The Morgan fingerprint density at radius 2 is 2.11 bits per heavy atom. The first-order valence-electron chi connectivity index (χ1n) is 5.69. The predicted octanol–water partition coefficient (Wildman–Crippen LogP) is 2.84. The van der Waals surface area contributed by atoms with Gasteiger partial charge in [0.05, 0.1) is 23.8 Å². The second-order valence-corrected chi connectivity index (χ2v) is 3.94. The Bertz CT molecular complexity index is 523. The van der Waals surface area contributed by atoms with E-state index in [4.69, 9.17) is 0 Å². The third kappa shape index (κ3) is 3.66. The second kappa shape index (κ2) is 6.51. The maximum Gasteiger partial charge on any atom is 0.333 e. The molecule has 0 atom stereocenters. The summed E-state index contributed by atoms with van der Waals surface area (Å²) in [6, 6.07) is 0. The molecular formula is C11H16ClF2N5. The summed E-state index contributed by atoms with van der Waals surface area (Å²) in [5.41, 5.74) is 2.17. The Kier molecular flexibility index (Phi) is 5.29. The number of hydrogen-bond acceptors (Lipinski definition) is 3. The highest BCUT2D eigenvalue weighted by atomic mass is 35.5. The summed E-state index contributed by atoms with van der Waals surface area (Å²) in [6.07, 6.45) is 4.98. The van der Waals surface area contributed by atoms with Gasteiger partial charge < -0.3 is 5.32 Å². The van der Waals surface area contributed by atoms with Crippen LogP contribution in [0.4, 0.5) is 14.5 Å². The summed E-state index contributed by atoms with van der Waals surface area (Å²) in [7, 11) is 0. The van der Waals surface area contributed by atoms with E-state index in [2.05, 4.69) is 15.5 Å². The van der Waals surface area contributed by atoms with Crippen molar-refractivity contribution in [2.75, 3.05) is 5.32 Å². The van der Waals surface area contributed by atoms with Crippen LogP contribution in [-0.2, 0) is 13.1 Å². The minimum atomic E-state index is -2.61. The lowest BCUT2D eigenvalue weighted by Gasteiger charge is -2.01. The lowest BCUT2D eigenvalue weighted by molar-refractivity contribution is 0.0563. The number of nitrogens with one attached hydrogen (secondary N) is 1. The molecule has 8 heteroatoms. The van der Waals surface area contributed by atoms with Crippen LogP contribution in [0.15, 0.2) is 18.6 Å². The number of aryl methyl sites for hydroxylation is 2. The van der Waals surface area contributed by atoms with Gasteiger partial charge in [0.25, 0.3) is 0 Å². The van der Waals surface area contributed by atoms with Crippen LogP contribution in [-0.4, -0.2) is 19.6 Å². The smallest absolute Gasteiger partial charge is 0.333 e. The lowest BCUT2D eigenvalue weighted by Crippen LogP contribution is -1.99. The minimum Gasteiger partial charge on any atom is -0.378 e. The van der Waals surface area contributed by atoms with Crippen molar-refractivity contribution in [3.05, 3.63) is 29.8 Å². The zero-order chi connectivity index (χ0) is 13.1. The number of aromatic nitrogens is 4. The number of halogens is 3. The van der Waals surface area contributed by atoms with Crippen LogP contribution >= 0.6 is 12.4 Å². The third-order valence-electron chi connectivity index (χ3n) is 2.61. The van der Waals surface area contributed by atoms with Gasteiger partial charge in [0, 0.05) is 24.8 Å². The SMILES string of the molecule is CCn1cc(CNc2cn(C(F)F)nc2C)cn1.Cl. The Morgan fingerprint density at radius 1 is 1.37 bits per heavy atom. The van der Waals surface area contributed by atoms with Crippen LogP contribution in [0.2, 0.25) is 0 Å². The molecule has 0 saturated carbocycles. The average molecular weight is 292 g/mol. The van der Waals surface area contributed by atoms with Crippen molar-refractivity contribution in [3.8, 4) is 0 Å². The highest BCUT2D eigenvalue weighted by molar-refractivity contribution is 5.85. The summed E-state index contributed by atoms with van der Waals surface area (Å²) in [5.74, 6) is 0. The molecule has 0 aromatic carbocycles. The van der Waals surface area contributed by atoms with Crippen molar-refractivity contribution >= 4 is 18.1 Å². The lowest BCUT2D eigenvalue weighted by atomic mass is 10.3. The van der Waals surface area contributed by atoms with Gasteiger partial charge in [-0.1, -0.05) is 0 Å². The Morgan fingerprint density at radius 3 is 2.63 bits per heavy atom. The molecule has 0 fully saturated rings. The van der Waals surface area contributed by atoms with E-state index in [-0.39, 0.29) is 12.4 Å². The van der Waals surface area contributed by atoms with Gasteiger partial charge in [0.1, 0.15) is 0 Å². The number of alkyl halides is 2. The molecule has 2 heterocycles. The predicted molar refractivity (Wildman–Crippen MR) is 70.7 cm³/mol. The summed E-state index contributed by atoms with van der Waals surface area (Å²) >= 11 is 0. The quantitative estimate of drug-likeness (QED) is 0.921. The van der Waals surface area contributed by atoms with Crippen molar-refractivity contribution in [2.24, 2.45) is 0 Å². The van der Waals surface area contributed by atoms with Crippen LogP contribution in [0.5, 0.6) is 0 Å². The highest BCUT2D eigenvalue weighted by Gasteiger charge is 2.11. The first-order chi connectivity index (χ1) is 8.60. The maximum atomic E-state index is 12.4. The Labute approximate surface area is 116 Å². The zero-order valence-electron chi connectivity index (χ0n) is 10.7. The molecule has 1 N–H and O–H groups in total. The fourth-order valence-corrected chi connectivity index (χ4v) is 1.62. The Balaban J connectivity index is 0.00000180. The largest absolute Gasteiger partial charge is 0.378 e. The fourth-order valence-electron chi connectivity index (χ4n) is 1.62. The first-order valence-corrected chi connectivity index (χ1v) is 5.69. The molecule has 19 heavy (non-hydrogen) atoms. The van der Waals surface area contributed by atoms with Crippen molar-refractivity contribution in [3.63, 3.8) is 0 Å². The van der Waals surface area contributed by atoms with E-state index in [1.165, 1.54) is 6.20 Å². The highest BCUT2D eigenvalue weighted by Crippen LogP contribution is 2.18. The van der Waals surface area contributed by atoms with Crippen molar-refractivity contribution in [2.45, 2.75) is 33.5 Å². The van der Waals surface area contributed by atoms with Crippen LogP contribution in [0.1, 0.15) is 24.7 Å². The molecule has 0 aliphatic rings. The molecule has 106 valence electrons. The zero-order valence-corrected chi connectivity index (χ0v) is 11.5. The molecule has 2 aromatic heterocycles. The van der Waals surface area contributed by atoms with E-state index in [1.807, 2.05) is 17.8 Å². The molecule has 2 rings (SSSR count). The number of anilines is 1. The maximum absolute atomic E-state index is 12.4. The molecule has 0 bridgehead atoms. The third-order valence-corrected chi connectivity index (χ3v) is 2.61. The molecular weight excluding hydrogens is 276 g/mol.